The highest BCUT2D eigenvalue weighted by molar-refractivity contribution is 6.13. The van der Waals surface area contributed by atoms with Gasteiger partial charge in [0.15, 0.2) is 17.3 Å². The summed E-state index contributed by atoms with van der Waals surface area (Å²) in [4.78, 5) is 31.3. The Bertz CT molecular complexity index is 3410. The number of nitriles is 1. The summed E-state index contributed by atoms with van der Waals surface area (Å²) in [6.45, 7) is 17.5. The summed E-state index contributed by atoms with van der Waals surface area (Å²) in [5, 5.41) is 14.3. The molecule has 0 saturated carbocycles. The van der Waals surface area contributed by atoms with E-state index in [1.54, 1.807) is 6.07 Å². The fourth-order valence-corrected chi connectivity index (χ4v) is 8.48. The number of nitrogens with zero attached hydrogens (tertiary/aromatic N) is 10. The molecule has 0 N–H and O–H groups in total. The molecule has 0 spiro atoms. The van der Waals surface area contributed by atoms with Gasteiger partial charge in [-0.05, 0) is 130 Å². The predicted molar refractivity (Wildman–Crippen MR) is 233 cm³/mol. The summed E-state index contributed by atoms with van der Waals surface area (Å²) in [6, 6.07) is 41.8. The summed E-state index contributed by atoms with van der Waals surface area (Å²) >= 11 is 0. The minimum absolute atomic E-state index is 0.416. The van der Waals surface area contributed by atoms with Crippen LogP contribution in [0.3, 0.4) is 0 Å². The lowest BCUT2D eigenvalue weighted by Gasteiger charge is -2.20. The van der Waals surface area contributed by atoms with Crippen LogP contribution in [0.15, 0.2) is 115 Å². The molecule has 59 heavy (non-hydrogen) atoms. The smallest absolute Gasteiger partial charge is 0.189 e. The third-order valence-corrected chi connectivity index (χ3v) is 10.9. The lowest BCUT2D eigenvalue weighted by Crippen LogP contribution is -2.05. The number of hydrogen-bond acceptors (Lipinski definition) is 7. The Kier molecular flexibility index (Phi) is 8.11. The monoisotopic (exact) mass is 762 g/mol. The van der Waals surface area contributed by atoms with E-state index >= 15 is 0 Å². The van der Waals surface area contributed by atoms with E-state index in [0.29, 0.717) is 46.2 Å². The molecular weight excluding hydrogens is 729 g/mol. The Hall–Kier alpha value is -8.08. The van der Waals surface area contributed by atoms with Crippen molar-refractivity contribution in [2.75, 3.05) is 0 Å². The Balaban J connectivity index is 1.31. The van der Waals surface area contributed by atoms with Crippen LogP contribution in [0.2, 0.25) is 0 Å². The van der Waals surface area contributed by atoms with Gasteiger partial charge in [0.2, 0.25) is 0 Å². The highest BCUT2D eigenvalue weighted by atomic mass is 15.1. The van der Waals surface area contributed by atoms with Crippen molar-refractivity contribution in [3.05, 3.63) is 161 Å². The van der Waals surface area contributed by atoms with E-state index in [9.17, 15) is 5.26 Å². The van der Waals surface area contributed by atoms with Crippen LogP contribution >= 0.6 is 0 Å². The molecule has 10 nitrogen and oxygen atoms in total. The van der Waals surface area contributed by atoms with Crippen LogP contribution < -0.4 is 0 Å². The minimum Gasteiger partial charge on any atom is -0.307 e. The second-order valence-electron chi connectivity index (χ2n) is 14.8. The molecule has 0 aliphatic carbocycles. The van der Waals surface area contributed by atoms with Gasteiger partial charge in [0.25, 0.3) is 0 Å². The molecule has 0 saturated heterocycles. The van der Waals surface area contributed by atoms with Crippen LogP contribution in [0, 0.1) is 52.5 Å². The second kappa shape index (κ2) is 13.5. The normalized spacial score (nSPS) is 11.4. The first-order valence-corrected chi connectivity index (χ1v) is 19.2. The van der Waals surface area contributed by atoms with Gasteiger partial charge in [-0.1, -0.05) is 36.4 Å². The van der Waals surface area contributed by atoms with Crippen molar-refractivity contribution in [3.63, 3.8) is 0 Å². The Morgan fingerprint density at radius 1 is 0.492 bits per heavy atom. The molecule has 0 unspecified atom stereocenters. The zero-order valence-electron chi connectivity index (χ0n) is 32.9. The van der Waals surface area contributed by atoms with Crippen LogP contribution in [-0.4, -0.2) is 39.0 Å². The molecule has 10 aromatic rings. The summed E-state index contributed by atoms with van der Waals surface area (Å²) in [5.74, 6) is 3.97. The molecule has 0 aliphatic heterocycles. The number of fused-ring (bicyclic) bond motifs is 6. The lowest BCUT2D eigenvalue weighted by molar-refractivity contribution is 0.928. The predicted octanol–water partition coefficient (Wildman–Crippen LogP) is 11.2. The number of aromatic nitrogens is 8. The Morgan fingerprint density at radius 3 is 1.46 bits per heavy atom. The molecular formula is C49H34N10. The summed E-state index contributed by atoms with van der Waals surface area (Å²) in [5.41, 5.74) is 11.4. The standard InChI is InChI=1S/C49H34N10/c1-27-19-46(58-42-13-9-7-11-37(42)40-23-33(15-17-44(40)58)48-54-28(2)52-29(3)55-48)47(25-39(27)35-20-32(26-50)21-36(22-35)51-6)59-43-14-10-8-12-38(43)41-24-34(16-18-45(41)59)49-56-30(4)53-31(5)57-49/h7-25H,1-5H3. The van der Waals surface area contributed by atoms with E-state index in [-0.39, 0.29) is 0 Å². The van der Waals surface area contributed by atoms with E-state index in [0.717, 1.165) is 82.8 Å². The van der Waals surface area contributed by atoms with E-state index in [1.807, 2.05) is 39.8 Å². The summed E-state index contributed by atoms with van der Waals surface area (Å²) in [6.07, 6.45) is 0. The maximum atomic E-state index is 9.98. The van der Waals surface area contributed by atoms with Crippen LogP contribution in [0.4, 0.5) is 5.69 Å². The first-order valence-electron chi connectivity index (χ1n) is 19.2. The van der Waals surface area contributed by atoms with Gasteiger partial charge in [0.1, 0.15) is 23.3 Å². The molecule has 0 bridgehead atoms. The molecule has 10 rings (SSSR count). The molecule has 10 heteroatoms. The van der Waals surface area contributed by atoms with Gasteiger partial charge in [-0.2, -0.15) is 5.26 Å². The van der Waals surface area contributed by atoms with Gasteiger partial charge >= 0.3 is 0 Å². The summed E-state index contributed by atoms with van der Waals surface area (Å²) in [7, 11) is 0. The quantitative estimate of drug-likeness (QED) is 0.160. The average Bonchev–Trinajstić information content (AvgIpc) is 3.74. The highest BCUT2D eigenvalue weighted by Gasteiger charge is 2.23. The van der Waals surface area contributed by atoms with Crippen LogP contribution in [0.5, 0.6) is 0 Å². The Labute approximate surface area is 339 Å². The van der Waals surface area contributed by atoms with Gasteiger partial charge < -0.3 is 9.13 Å². The van der Waals surface area contributed by atoms with Gasteiger partial charge in [-0.3, -0.25) is 0 Å². The average molecular weight is 763 g/mol. The maximum Gasteiger partial charge on any atom is 0.189 e. The molecule has 6 aromatic carbocycles. The second-order valence-corrected chi connectivity index (χ2v) is 14.8. The summed E-state index contributed by atoms with van der Waals surface area (Å²) < 4.78 is 4.66. The van der Waals surface area contributed by atoms with Crippen molar-refractivity contribution >= 4 is 49.3 Å². The van der Waals surface area contributed by atoms with Gasteiger partial charge in [0, 0.05) is 38.2 Å². The molecule has 0 fully saturated rings. The Morgan fingerprint density at radius 2 is 0.966 bits per heavy atom. The van der Waals surface area contributed by atoms with Crippen molar-refractivity contribution < 1.29 is 0 Å². The van der Waals surface area contributed by atoms with Crippen LogP contribution in [0.1, 0.15) is 34.4 Å². The minimum atomic E-state index is 0.416. The number of rotatable bonds is 5. The van der Waals surface area contributed by atoms with Crippen LogP contribution in [0.25, 0.3) is 93.7 Å². The van der Waals surface area contributed by atoms with Gasteiger partial charge in [-0.25, -0.2) is 34.7 Å². The number of hydrogen-bond donors (Lipinski definition) is 0. The maximum absolute atomic E-state index is 9.98. The molecule has 0 radical (unpaired) electrons. The van der Waals surface area contributed by atoms with E-state index in [2.05, 4.69) is 144 Å². The van der Waals surface area contributed by atoms with Gasteiger partial charge in [-0.15, -0.1) is 0 Å². The topological polar surface area (TPSA) is 115 Å². The fraction of sp³-hybridized carbons (Fsp3) is 0.102. The van der Waals surface area contributed by atoms with E-state index in [4.69, 9.17) is 16.5 Å². The van der Waals surface area contributed by atoms with Crippen molar-refractivity contribution in [2.24, 2.45) is 0 Å². The zero-order chi connectivity index (χ0) is 40.5. The van der Waals surface area contributed by atoms with E-state index < -0.39 is 0 Å². The SMILES string of the molecule is [C-]#[N+]c1cc(C#N)cc(-c2cc(-n3c4ccccc4c4cc(-c5nc(C)nc(C)n5)ccc43)c(-n3c4ccccc4c4cc(-c5nc(C)nc(C)n5)ccc43)cc2C)c1. The zero-order valence-corrected chi connectivity index (χ0v) is 32.9. The van der Waals surface area contributed by atoms with E-state index in [1.165, 1.54) is 0 Å². The van der Waals surface area contributed by atoms with Crippen molar-refractivity contribution in [2.45, 2.75) is 34.6 Å². The number of aryl methyl sites for hydroxylation is 5. The van der Waals surface area contributed by atoms with Crippen molar-refractivity contribution in [1.29, 1.82) is 5.26 Å². The highest BCUT2D eigenvalue weighted by Crippen LogP contribution is 2.42. The fourth-order valence-electron chi connectivity index (χ4n) is 8.48. The lowest BCUT2D eigenvalue weighted by atomic mass is 9.96. The van der Waals surface area contributed by atoms with Crippen LogP contribution in [-0.2, 0) is 0 Å². The first kappa shape index (κ1) is 35.3. The van der Waals surface area contributed by atoms with Gasteiger partial charge in [0.05, 0.1) is 46.1 Å². The molecule has 0 amide bonds. The largest absolute Gasteiger partial charge is 0.307 e. The third-order valence-electron chi connectivity index (χ3n) is 10.9. The first-order chi connectivity index (χ1) is 28.7. The number of benzene rings is 6. The molecule has 4 heterocycles. The molecule has 0 aliphatic rings. The third kappa shape index (κ3) is 5.86. The molecule has 0 atom stereocenters. The van der Waals surface area contributed by atoms with Crippen molar-refractivity contribution in [3.8, 4) is 51.3 Å². The molecule has 280 valence electrons. The van der Waals surface area contributed by atoms with Crippen molar-refractivity contribution in [1.82, 2.24) is 39.0 Å². The molecule has 4 aromatic heterocycles. The number of para-hydroxylation sites is 2.